The third-order valence-electron chi connectivity index (χ3n) is 5.21. The van der Waals surface area contributed by atoms with E-state index in [1.54, 1.807) is 0 Å². The standard InChI is InChI=1S/C16H32N2/c1-13(2)15-6-4-5-7-16(15)18(3)12-14-8-10-17-11-9-14/h13-17H,4-12H2,1-3H3. The van der Waals surface area contributed by atoms with Gasteiger partial charge >= 0.3 is 0 Å². The summed E-state index contributed by atoms with van der Waals surface area (Å²) < 4.78 is 0. The molecule has 0 aromatic rings. The molecule has 0 aromatic carbocycles. The van der Waals surface area contributed by atoms with E-state index in [1.165, 1.54) is 58.2 Å². The maximum absolute atomic E-state index is 3.48. The molecule has 2 atom stereocenters. The Kier molecular flexibility index (Phi) is 5.50. The Morgan fingerprint density at radius 3 is 2.39 bits per heavy atom. The van der Waals surface area contributed by atoms with Crippen LogP contribution in [0.15, 0.2) is 0 Å². The maximum Gasteiger partial charge on any atom is 0.0123 e. The molecule has 2 aliphatic rings. The van der Waals surface area contributed by atoms with Crippen LogP contribution in [-0.2, 0) is 0 Å². The molecule has 0 amide bonds. The summed E-state index contributed by atoms with van der Waals surface area (Å²) >= 11 is 0. The first-order valence-corrected chi connectivity index (χ1v) is 8.09. The number of piperidine rings is 1. The summed E-state index contributed by atoms with van der Waals surface area (Å²) in [4.78, 5) is 2.71. The van der Waals surface area contributed by atoms with Crippen LogP contribution in [-0.4, -0.2) is 37.6 Å². The highest BCUT2D eigenvalue weighted by Gasteiger charge is 2.31. The van der Waals surface area contributed by atoms with Gasteiger partial charge in [-0.2, -0.15) is 0 Å². The molecule has 1 saturated carbocycles. The van der Waals surface area contributed by atoms with Gasteiger partial charge in [-0.1, -0.05) is 26.7 Å². The Morgan fingerprint density at radius 2 is 1.72 bits per heavy atom. The van der Waals surface area contributed by atoms with E-state index in [2.05, 4.69) is 31.1 Å². The molecule has 0 bridgehead atoms. The maximum atomic E-state index is 3.48. The van der Waals surface area contributed by atoms with E-state index < -0.39 is 0 Å². The van der Waals surface area contributed by atoms with Gasteiger partial charge in [-0.25, -0.2) is 0 Å². The second kappa shape index (κ2) is 6.91. The summed E-state index contributed by atoms with van der Waals surface area (Å²) in [5, 5.41) is 3.48. The fraction of sp³-hybridized carbons (Fsp3) is 1.00. The Morgan fingerprint density at radius 1 is 1.06 bits per heavy atom. The minimum absolute atomic E-state index is 0.853. The molecule has 1 aliphatic carbocycles. The SMILES string of the molecule is CC(C)C1CCCCC1N(C)CC1CCNCC1. The zero-order valence-corrected chi connectivity index (χ0v) is 12.6. The number of hydrogen-bond donors (Lipinski definition) is 1. The van der Waals surface area contributed by atoms with E-state index in [1.807, 2.05) is 0 Å². The van der Waals surface area contributed by atoms with Gasteiger partial charge in [-0.3, -0.25) is 0 Å². The predicted molar refractivity (Wildman–Crippen MR) is 78.8 cm³/mol. The minimum Gasteiger partial charge on any atom is -0.317 e. The van der Waals surface area contributed by atoms with Crippen molar-refractivity contribution in [3.05, 3.63) is 0 Å². The number of nitrogens with zero attached hydrogens (tertiary/aromatic N) is 1. The third-order valence-corrected chi connectivity index (χ3v) is 5.21. The summed E-state index contributed by atoms with van der Waals surface area (Å²) in [6, 6.07) is 0.855. The summed E-state index contributed by atoms with van der Waals surface area (Å²) in [7, 11) is 2.38. The number of nitrogens with one attached hydrogen (secondary N) is 1. The van der Waals surface area contributed by atoms with Gasteiger partial charge in [0.05, 0.1) is 0 Å². The van der Waals surface area contributed by atoms with Gasteiger partial charge in [0.15, 0.2) is 0 Å². The van der Waals surface area contributed by atoms with Crippen molar-refractivity contribution in [1.29, 1.82) is 0 Å². The van der Waals surface area contributed by atoms with Gasteiger partial charge in [-0.15, -0.1) is 0 Å². The molecule has 18 heavy (non-hydrogen) atoms. The van der Waals surface area contributed by atoms with Crippen molar-refractivity contribution in [2.45, 2.75) is 58.4 Å². The topological polar surface area (TPSA) is 15.3 Å². The molecule has 1 N–H and O–H groups in total. The van der Waals surface area contributed by atoms with Crippen LogP contribution in [0.2, 0.25) is 0 Å². The molecule has 106 valence electrons. The van der Waals surface area contributed by atoms with Gasteiger partial charge in [0.2, 0.25) is 0 Å². The van der Waals surface area contributed by atoms with Crippen molar-refractivity contribution in [3.63, 3.8) is 0 Å². The highest BCUT2D eigenvalue weighted by Crippen LogP contribution is 2.33. The van der Waals surface area contributed by atoms with Gasteiger partial charge in [0, 0.05) is 12.6 Å². The largest absolute Gasteiger partial charge is 0.317 e. The molecule has 1 aliphatic heterocycles. The molecule has 0 spiro atoms. The van der Waals surface area contributed by atoms with Crippen LogP contribution in [0.4, 0.5) is 0 Å². The molecule has 2 unspecified atom stereocenters. The van der Waals surface area contributed by atoms with Gasteiger partial charge in [0.25, 0.3) is 0 Å². The van der Waals surface area contributed by atoms with E-state index in [4.69, 9.17) is 0 Å². The lowest BCUT2D eigenvalue weighted by atomic mass is 9.77. The fourth-order valence-corrected chi connectivity index (χ4v) is 4.07. The first-order chi connectivity index (χ1) is 8.68. The number of rotatable bonds is 4. The molecular formula is C16H32N2. The zero-order valence-electron chi connectivity index (χ0n) is 12.6. The normalized spacial score (nSPS) is 31.2. The Balaban J connectivity index is 1.86. The van der Waals surface area contributed by atoms with Crippen LogP contribution >= 0.6 is 0 Å². The van der Waals surface area contributed by atoms with Crippen LogP contribution in [0, 0.1) is 17.8 Å². The number of hydrogen-bond acceptors (Lipinski definition) is 2. The summed E-state index contributed by atoms with van der Waals surface area (Å²) in [5.41, 5.74) is 0. The van der Waals surface area contributed by atoms with E-state index in [0.29, 0.717) is 0 Å². The molecule has 2 heteroatoms. The van der Waals surface area contributed by atoms with Crippen molar-refractivity contribution >= 4 is 0 Å². The molecule has 1 saturated heterocycles. The lowest BCUT2D eigenvalue weighted by Gasteiger charge is -2.42. The van der Waals surface area contributed by atoms with E-state index >= 15 is 0 Å². The quantitative estimate of drug-likeness (QED) is 0.827. The van der Waals surface area contributed by atoms with Crippen molar-refractivity contribution in [2.75, 3.05) is 26.7 Å². The monoisotopic (exact) mass is 252 g/mol. The molecule has 2 rings (SSSR count). The lowest BCUT2D eigenvalue weighted by molar-refractivity contribution is 0.0820. The van der Waals surface area contributed by atoms with Crippen molar-refractivity contribution in [2.24, 2.45) is 17.8 Å². The van der Waals surface area contributed by atoms with Crippen LogP contribution in [0.1, 0.15) is 52.4 Å². The second-order valence-electron chi connectivity index (χ2n) is 6.89. The smallest absolute Gasteiger partial charge is 0.0123 e. The van der Waals surface area contributed by atoms with Gasteiger partial charge in [-0.05, 0) is 63.6 Å². The van der Waals surface area contributed by atoms with Crippen LogP contribution in [0.25, 0.3) is 0 Å². The third kappa shape index (κ3) is 3.71. The molecule has 2 nitrogen and oxygen atoms in total. The average molecular weight is 252 g/mol. The van der Waals surface area contributed by atoms with Crippen LogP contribution < -0.4 is 5.32 Å². The molecule has 2 fully saturated rings. The second-order valence-corrected chi connectivity index (χ2v) is 6.89. The fourth-order valence-electron chi connectivity index (χ4n) is 4.07. The van der Waals surface area contributed by atoms with Gasteiger partial charge < -0.3 is 10.2 Å². The van der Waals surface area contributed by atoms with Crippen LogP contribution in [0.3, 0.4) is 0 Å². The summed E-state index contributed by atoms with van der Waals surface area (Å²) in [5.74, 6) is 2.72. The predicted octanol–water partition coefficient (Wildman–Crippen LogP) is 3.13. The van der Waals surface area contributed by atoms with E-state index in [0.717, 1.165) is 23.8 Å². The van der Waals surface area contributed by atoms with E-state index in [-0.39, 0.29) is 0 Å². The highest BCUT2D eigenvalue weighted by molar-refractivity contribution is 4.85. The molecule has 0 aromatic heterocycles. The van der Waals surface area contributed by atoms with Crippen molar-refractivity contribution in [1.82, 2.24) is 10.2 Å². The lowest BCUT2D eigenvalue weighted by Crippen LogP contribution is -2.45. The minimum atomic E-state index is 0.853. The first-order valence-electron chi connectivity index (χ1n) is 8.09. The van der Waals surface area contributed by atoms with Crippen molar-refractivity contribution in [3.8, 4) is 0 Å². The Hall–Kier alpha value is -0.0800. The van der Waals surface area contributed by atoms with Gasteiger partial charge in [0.1, 0.15) is 0 Å². The highest BCUT2D eigenvalue weighted by atomic mass is 15.1. The molecular weight excluding hydrogens is 220 g/mol. The summed E-state index contributed by atoms with van der Waals surface area (Å²) in [6.07, 6.45) is 8.56. The first kappa shape index (κ1) is 14.3. The molecule has 1 heterocycles. The Labute approximate surface area is 114 Å². The van der Waals surface area contributed by atoms with Crippen LogP contribution in [0.5, 0.6) is 0 Å². The van der Waals surface area contributed by atoms with E-state index in [9.17, 15) is 0 Å². The Bertz CT molecular complexity index is 233. The summed E-state index contributed by atoms with van der Waals surface area (Å²) in [6.45, 7) is 8.63. The molecule has 0 radical (unpaired) electrons. The zero-order chi connectivity index (χ0) is 13.0. The van der Waals surface area contributed by atoms with Crippen molar-refractivity contribution < 1.29 is 0 Å². The average Bonchev–Trinajstić information content (AvgIpc) is 2.40.